The molecule has 0 saturated heterocycles. The van der Waals surface area contributed by atoms with E-state index in [9.17, 15) is 24.6 Å². The predicted molar refractivity (Wildman–Crippen MR) is 77.6 cm³/mol. The molecule has 2 aromatic rings. The normalized spacial score (nSPS) is 12.0. The van der Waals surface area contributed by atoms with Crippen molar-refractivity contribution in [2.24, 2.45) is 5.92 Å². The molecule has 0 radical (unpaired) electrons. The fourth-order valence-corrected chi connectivity index (χ4v) is 2.37. The molecule has 0 spiro atoms. The molecule has 0 aliphatic rings. The van der Waals surface area contributed by atoms with Crippen LogP contribution in [-0.4, -0.2) is 32.6 Å². The quantitative estimate of drug-likeness (QED) is 0.796. The molecule has 0 aliphatic carbocycles. The molecule has 6 nitrogen and oxygen atoms in total. The molecular weight excluding hydrogens is 286 g/mol. The van der Waals surface area contributed by atoms with Crippen molar-refractivity contribution in [3.05, 3.63) is 60.4 Å². The summed E-state index contributed by atoms with van der Waals surface area (Å²) < 4.78 is 1.32. The van der Waals surface area contributed by atoms with Crippen molar-refractivity contribution in [1.82, 2.24) is 4.57 Å². The van der Waals surface area contributed by atoms with Crippen molar-refractivity contribution >= 4 is 17.8 Å². The number of carbonyl (C=O) groups is 3. The first-order valence-corrected chi connectivity index (χ1v) is 6.67. The lowest BCUT2D eigenvalue weighted by Crippen LogP contribution is -2.32. The number of carbonyl (C=O) groups excluding carboxylic acids is 1. The maximum atomic E-state index is 12.2. The van der Waals surface area contributed by atoms with E-state index in [1.165, 1.54) is 4.57 Å². The number of hydrogen-bond acceptors (Lipinski definition) is 3. The molecule has 1 aromatic heterocycles. The second-order valence-corrected chi connectivity index (χ2v) is 4.86. The van der Waals surface area contributed by atoms with Gasteiger partial charge in [-0.1, -0.05) is 30.3 Å². The highest BCUT2D eigenvalue weighted by molar-refractivity contribution is 5.95. The lowest BCUT2D eigenvalue weighted by molar-refractivity contribution is -0.155. The lowest BCUT2D eigenvalue weighted by atomic mass is 9.83. The Balaban J connectivity index is 2.35. The van der Waals surface area contributed by atoms with Crippen molar-refractivity contribution in [3.8, 4) is 0 Å². The van der Waals surface area contributed by atoms with Gasteiger partial charge in [0.1, 0.15) is 0 Å². The van der Waals surface area contributed by atoms with E-state index < -0.39 is 23.8 Å². The minimum atomic E-state index is -1.68. The monoisotopic (exact) mass is 301 g/mol. The molecule has 0 aliphatic heterocycles. The van der Waals surface area contributed by atoms with Crippen molar-refractivity contribution in [1.29, 1.82) is 0 Å². The molecule has 2 N–H and O–H groups in total. The standard InChI is InChI=1S/C16H15NO5/c18-13(17-8-4-5-9-17)10-12(11-6-2-1-3-7-11)14(15(19)20)16(21)22/h1-9,12,14H,10H2,(H,19,20)(H,21,22). The van der Waals surface area contributed by atoms with E-state index in [1.54, 1.807) is 54.9 Å². The number of nitrogens with zero attached hydrogens (tertiary/aromatic N) is 1. The van der Waals surface area contributed by atoms with E-state index in [4.69, 9.17) is 0 Å². The van der Waals surface area contributed by atoms with E-state index in [-0.39, 0.29) is 12.3 Å². The third-order valence-corrected chi connectivity index (χ3v) is 3.45. The summed E-state index contributed by atoms with van der Waals surface area (Å²) in [5.74, 6) is -5.89. The Labute approximate surface area is 126 Å². The van der Waals surface area contributed by atoms with Gasteiger partial charge in [-0.05, 0) is 17.7 Å². The van der Waals surface area contributed by atoms with E-state index in [2.05, 4.69) is 0 Å². The van der Waals surface area contributed by atoms with Gasteiger partial charge in [-0.3, -0.25) is 19.0 Å². The smallest absolute Gasteiger partial charge is 0.318 e. The first kappa shape index (κ1) is 15.5. The third-order valence-electron chi connectivity index (χ3n) is 3.45. The van der Waals surface area contributed by atoms with Crippen LogP contribution in [0.3, 0.4) is 0 Å². The van der Waals surface area contributed by atoms with Crippen molar-refractivity contribution in [3.63, 3.8) is 0 Å². The summed E-state index contributed by atoms with van der Waals surface area (Å²) in [4.78, 5) is 34.9. The average Bonchev–Trinajstić information content (AvgIpc) is 3.01. The first-order chi connectivity index (χ1) is 10.5. The highest BCUT2D eigenvalue weighted by Gasteiger charge is 2.37. The van der Waals surface area contributed by atoms with Crippen molar-refractivity contribution in [2.45, 2.75) is 12.3 Å². The molecule has 22 heavy (non-hydrogen) atoms. The van der Waals surface area contributed by atoms with Gasteiger partial charge in [0.15, 0.2) is 5.92 Å². The summed E-state index contributed by atoms with van der Waals surface area (Å²) in [6, 6.07) is 11.7. The van der Waals surface area contributed by atoms with Crippen LogP contribution in [0.25, 0.3) is 0 Å². The van der Waals surface area contributed by atoms with E-state index in [1.807, 2.05) is 0 Å². The number of rotatable bonds is 6. The molecule has 0 amide bonds. The van der Waals surface area contributed by atoms with Crippen LogP contribution in [0.2, 0.25) is 0 Å². The second-order valence-electron chi connectivity index (χ2n) is 4.86. The van der Waals surface area contributed by atoms with Gasteiger partial charge in [-0.2, -0.15) is 0 Å². The Morgan fingerprint density at radius 2 is 1.45 bits per heavy atom. The van der Waals surface area contributed by atoms with Crippen LogP contribution >= 0.6 is 0 Å². The molecular formula is C16H15NO5. The van der Waals surface area contributed by atoms with Gasteiger partial charge in [0.2, 0.25) is 5.91 Å². The van der Waals surface area contributed by atoms with Crippen LogP contribution < -0.4 is 0 Å². The van der Waals surface area contributed by atoms with E-state index in [0.717, 1.165) is 0 Å². The van der Waals surface area contributed by atoms with Gasteiger partial charge >= 0.3 is 11.9 Å². The molecule has 0 bridgehead atoms. The van der Waals surface area contributed by atoms with Gasteiger partial charge < -0.3 is 10.2 Å². The van der Waals surface area contributed by atoms with Gasteiger partial charge in [0.25, 0.3) is 0 Å². The molecule has 114 valence electrons. The summed E-state index contributed by atoms with van der Waals surface area (Å²) in [5, 5.41) is 18.4. The first-order valence-electron chi connectivity index (χ1n) is 6.67. The Bertz CT molecular complexity index is 649. The third kappa shape index (κ3) is 3.41. The number of benzene rings is 1. The minimum Gasteiger partial charge on any atom is -0.481 e. The van der Waals surface area contributed by atoms with Crippen LogP contribution in [0.15, 0.2) is 54.9 Å². The Morgan fingerprint density at radius 1 is 0.909 bits per heavy atom. The molecule has 1 unspecified atom stereocenters. The zero-order chi connectivity index (χ0) is 16.1. The van der Waals surface area contributed by atoms with E-state index >= 15 is 0 Å². The minimum absolute atomic E-state index is 0.206. The Hall–Kier alpha value is -2.89. The molecule has 6 heteroatoms. The highest BCUT2D eigenvalue weighted by Crippen LogP contribution is 2.29. The Kier molecular flexibility index (Phi) is 4.73. The summed E-state index contributed by atoms with van der Waals surface area (Å²) in [7, 11) is 0. The summed E-state index contributed by atoms with van der Waals surface area (Å²) in [6.07, 6.45) is 2.88. The largest absolute Gasteiger partial charge is 0.481 e. The predicted octanol–water partition coefficient (Wildman–Crippen LogP) is 2.09. The van der Waals surface area contributed by atoms with Gasteiger partial charge in [-0.15, -0.1) is 0 Å². The van der Waals surface area contributed by atoms with Gasteiger partial charge in [-0.25, -0.2) is 0 Å². The second kappa shape index (κ2) is 6.71. The Morgan fingerprint density at radius 3 is 1.95 bits per heavy atom. The summed E-state index contributed by atoms with van der Waals surface area (Å²) in [5.41, 5.74) is 0.512. The molecule has 2 rings (SSSR count). The average molecular weight is 301 g/mol. The maximum absolute atomic E-state index is 12.2. The van der Waals surface area contributed by atoms with Gasteiger partial charge in [0.05, 0.1) is 0 Å². The zero-order valence-corrected chi connectivity index (χ0v) is 11.6. The summed E-state index contributed by atoms with van der Waals surface area (Å²) >= 11 is 0. The fourth-order valence-electron chi connectivity index (χ4n) is 2.37. The van der Waals surface area contributed by atoms with Crippen LogP contribution in [0, 0.1) is 5.92 Å². The van der Waals surface area contributed by atoms with Gasteiger partial charge in [0, 0.05) is 24.7 Å². The van der Waals surface area contributed by atoms with Crippen molar-refractivity contribution < 1.29 is 24.6 Å². The van der Waals surface area contributed by atoms with Crippen LogP contribution in [-0.2, 0) is 9.59 Å². The topological polar surface area (TPSA) is 96.6 Å². The van der Waals surface area contributed by atoms with Crippen molar-refractivity contribution in [2.75, 3.05) is 0 Å². The highest BCUT2D eigenvalue weighted by atomic mass is 16.4. The molecule has 1 atom stereocenters. The molecule has 0 saturated carbocycles. The molecule has 0 fully saturated rings. The number of hydrogen-bond donors (Lipinski definition) is 2. The van der Waals surface area contributed by atoms with E-state index in [0.29, 0.717) is 5.56 Å². The lowest BCUT2D eigenvalue weighted by Gasteiger charge is -2.21. The number of aromatic nitrogens is 1. The number of aliphatic carboxylic acids is 2. The molecule has 1 aromatic carbocycles. The molecule has 1 heterocycles. The SMILES string of the molecule is O=C(O)C(C(=O)O)C(CC(=O)n1cccc1)c1ccccc1. The summed E-state index contributed by atoms with van der Waals surface area (Å²) in [6.45, 7) is 0. The maximum Gasteiger partial charge on any atom is 0.318 e. The van der Waals surface area contributed by atoms with Crippen LogP contribution in [0.1, 0.15) is 22.7 Å². The number of carboxylic acid groups (broad SMARTS) is 2. The number of carboxylic acids is 2. The van der Waals surface area contributed by atoms with Crippen LogP contribution in [0.5, 0.6) is 0 Å². The fraction of sp³-hybridized carbons (Fsp3) is 0.188. The zero-order valence-electron chi connectivity index (χ0n) is 11.6. The van der Waals surface area contributed by atoms with Crippen LogP contribution in [0.4, 0.5) is 0 Å².